The van der Waals surface area contributed by atoms with Crippen molar-refractivity contribution in [2.45, 2.75) is 12.8 Å². The Morgan fingerprint density at radius 1 is 0.633 bits per heavy atom. The van der Waals surface area contributed by atoms with E-state index in [1.807, 2.05) is 67.6 Å². The van der Waals surface area contributed by atoms with Gasteiger partial charge < -0.3 is 18.9 Å². The van der Waals surface area contributed by atoms with Crippen molar-refractivity contribution >= 4 is 5.78 Å². The predicted molar refractivity (Wildman–Crippen MR) is 116 cm³/mol. The first kappa shape index (κ1) is 21.2. The quantitative estimate of drug-likeness (QED) is 0.490. The van der Waals surface area contributed by atoms with Gasteiger partial charge in [0.1, 0.15) is 0 Å². The molecule has 0 saturated carbocycles. The number of hydrogen-bond donors (Lipinski definition) is 0. The zero-order valence-electron chi connectivity index (χ0n) is 17.9. The number of methoxy groups -OCH3 is 4. The molecule has 0 atom stereocenters. The maximum absolute atomic E-state index is 13.6. The molecular formula is C25H26O5. The van der Waals surface area contributed by atoms with Gasteiger partial charge in [-0.25, -0.2) is 0 Å². The molecule has 30 heavy (non-hydrogen) atoms. The first-order valence-corrected chi connectivity index (χ1v) is 9.57. The van der Waals surface area contributed by atoms with Crippen molar-refractivity contribution < 1.29 is 23.7 Å². The third-order valence-electron chi connectivity index (χ3n) is 5.08. The molecule has 0 unspecified atom stereocenters. The Hall–Kier alpha value is -3.47. The summed E-state index contributed by atoms with van der Waals surface area (Å²) >= 11 is 0. The first-order valence-electron chi connectivity index (χ1n) is 9.57. The molecule has 5 heteroatoms. The van der Waals surface area contributed by atoms with E-state index in [0.717, 1.165) is 16.7 Å². The summed E-state index contributed by atoms with van der Waals surface area (Å²) in [4.78, 5) is 13.6. The summed E-state index contributed by atoms with van der Waals surface area (Å²) in [5, 5.41) is 0. The standard InChI is InChI=1S/C25H26O5/c1-16-6-8-17(9-7-16)25(26)24(18-10-12-20(27-2)22(14-18)29-4)19-11-13-21(28-3)23(15-19)30-5/h6-15,24H,1-5H3. The number of hydrogen-bond acceptors (Lipinski definition) is 5. The van der Waals surface area contributed by atoms with Gasteiger partial charge in [-0.05, 0) is 42.3 Å². The highest BCUT2D eigenvalue weighted by atomic mass is 16.5. The van der Waals surface area contributed by atoms with E-state index < -0.39 is 5.92 Å². The highest BCUT2D eigenvalue weighted by molar-refractivity contribution is 6.03. The van der Waals surface area contributed by atoms with Gasteiger partial charge in [0.05, 0.1) is 34.4 Å². The lowest BCUT2D eigenvalue weighted by molar-refractivity contribution is 0.0973. The summed E-state index contributed by atoms with van der Waals surface area (Å²) in [6.07, 6.45) is 0. The third-order valence-corrected chi connectivity index (χ3v) is 5.08. The molecule has 156 valence electrons. The fraction of sp³-hybridized carbons (Fsp3) is 0.240. The van der Waals surface area contributed by atoms with Crippen LogP contribution >= 0.6 is 0 Å². The van der Waals surface area contributed by atoms with Crippen LogP contribution in [0.3, 0.4) is 0 Å². The van der Waals surface area contributed by atoms with Gasteiger partial charge >= 0.3 is 0 Å². The van der Waals surface area contributed by atoms with E-state index in [4.69, 9.17) is 18.9 Å². The SMILES string of the molecule is COc1ccc(C(C(=O)c2ccc(C)cc2)c2ccc(OC)c(OC)c2)cc1OC. The third kappa shape index (κ3) is 4.25. The molecule has 5 nitrogen and oxygen atoms in total. The van der Waals surface area contributed by atoms with Gasteiger partial charge in [-0.3, -0.25) is 4.79 Å². The second kappa shape index (κ2) is 9.35. The molecule has 3 aromatic rings. The van der Waals surface area contributed by atoms with Crippen LogP contribution in [0.1, 0.15) is 33.0 Å². The zero-order valence-corrected chi connectivity index (χ0v) is 17.9. The minimum atomic E-state index is -0.549. The van der Waals surface area contributed by atoms with Crippen LogP contribution in [0, 0.1) is 6.92 Å². The molecule has 0 spiro atoms. The van der Waals surface area contributed by atoms with Gasteiger partial charge in [-0.15, -0.1) is 0 Å². The van der Waals surface area contributed by atoms with Crippen molar-refractivity contribution in [1.82, 2.24) is 0 Å². The van der Waals surface area contributed by atoms with Crippen molar-refractivity contribution in [3.8, 4) is 23.0 Å². The van der Waals surface area contributed by atoms with Crippen molar-refractivity contribution in [2.24, 2.45) is 0 Å². The lowest BCUT2D eigenvalue weighted by Gasteiger charge is -2.20. The Kier molecular flexibility index (Phi) is 6.62. The minimum absolute atomic E-state index is 0.0190. The molecular weight excluding hydrogens is 380 g/mol. The van der Waals surface area contributed by atoms with E-state index >= 15 is 0 Å². The fourth-order valence-corrected chi connectivity index (χ4v) is 3.44. The Morgan fingerprint density at radius 2 is 1.07 bits per heavy atom. The second-order valence-corrected chi connectivity index (χ2v) is 6.89. The average Bonchev–Trinajstić information content (AvgIpc) is 2.79. The normalized spacial score (nSPS) is 10.6. The number of rotatable bonds is 8. The van der Waals surface area contributed by atoms with Crippen LogP contribution in [0.5, 0.6) is 23.0 Å². The largest absolute Gasteiger partial charge is 0.493 e. The topological polar surface area (TPSA) is 54.0 Å². The van der Waals surface area contributed by atoms with E-state index in [1.54, 1.807) is 28.4 Å². The molecule has 0 aliphatic rings. The molecule has 0 fully saturated rings. The molecule has 0 N–H and O–H groups in total. The van der Waals surface area contributed by atoms with Crippen molar-refractivity contribution in [3.63, 3.8) is 0 Å². The van der Waals surface area contributed by atoms with E-state index in [-0.39, 0.29) is 5.78 Å². The molecule has 0 saturated heterocycles. The maximum Gasteiger partial charge on any atom is 0.174 e. The summed E-state index contributed by atoms with van der Waals surface area (Å²) in [5.41, 5.74) is 3.33. The average molecular weight is 406 g/mol. The second-order valence-electron chi connectivity index (χ2n) is 6.89. The monoisotopic (exact) mass is 406 g/mol. The van der Waals surface area contributed by atoms with Gasteiger partial charge in [-0.2, -0.15) is 0 Å². The molecule has 0 aliphatic carbocycles. The lowest BCUT2D eigenvalue weighted by Crippen LogP contribution is -2.15. The van der Waals surface area contributed by atoms with E-state index in [1.165, 1.54) is 0 Å². The van der Waals surface area contributed by atoms with Crippen LogP contribution in [0.2, 0.25) is 0 Å². The molecule has 0 bridgehead atoms. The number of carbonyl (C=O) groups excluding carboxylic acids is 1. The van der Waals surface area contributed by atoms with Gasteiger partial charge in [0.25, 0.3) is 0 Å². The number of Topliss-reactive ketones (excluding diaryl/α,β-unsaturated/α-hetero) is 1. The Balaban J connectivity index is 2.16. The highest BCUT2D eigenvalue weighted by Gasteiger charge is 2.26. The van der Waals surface area contributed by atoms with Gasteiger partial charge in [-0.1, -0.05) is 42.0 Å². The lowest BCUT2D eigenvalue weighted by atomic mass is 9.84. The Morgan fingerprint density at radius 3 is 1.47 bits per heavy atom. The van der Waals surface area contributed by atoms with Crippen molar-refractivity contribution in [1.29, 1.82) is 0 Å². The number of carbonyl (C=O) groups is 1. The fourth-order valence-electron chi connectivity index (χ4n) is 3.44. The number of ether oxygens (including phenoxy) is 4. The molecule has 0 amide bonds. The molecule has 0 radical (unpaired) electrons. The number of benzene rings is 3. The Bertz CT molecular complexity index is 969. The highest BCUT2D eigenvalue weighted by Crippen LogP contribution is 2.38. The molecule has 3 aromatic carbocycles. The summed E-state index contributed by atoms with van der Waals surface area (Å²) < 4.78 is 21.6. The van der Waals surface area contributed by atoms with Crippen LogP contribution in [-0.4, -0.2) is 34.2 Å². The van der Waals surface area contributed by atoms with Crippen molar-refractivity contribution in [3.05, 3.63) is 82.9 Å². The van der Waals surface area contributed by atoms with E-state index in [0.29, 0.717) is 28.6 Å². The van der Waals surface area contributed by atoms with Crippen LogP contribution in [-0.2, 0) is 0 Å². The van der Waals surface area contributed by atoms with Crippen LogP contribution < -0.4 is 18.9 Å². The molecule has 3 rings (SSSR count). The summed E-state index contributed by atoms with van der Waals surface area (Å²) in [5.74, 6) is 1.78. The van der Waals surface area contributed by atoms with Crippen LogP contribution in [0.4, 0.5) is 0 Å². The summed E-state index contributed by atoms with van der Waals surface area (Å²) in [6.45, 7) is 1.99. The number of aryl methyl sites for hydroxylation is 1. The van der Waals surface area contributed by atoms with E-state index in [2.05, 4.69) is 0 Å². The zero-order chi connectivity index (χ0) is 21.7. The van der Waals surface area contributed by atoms with Gasteiger partial charge in [0.15, 0.2) is 28.8 Å². The Labute approximate surface area is 177 Å². The summed E-state index contributed by atoms with van der Waals surface area (Å²) in [6, 6.07) is 18.6. The van der Waals surface area contributed by atoms with Crippen molar-refractivity contribution in [2.75, 3.05) is 28.4 Å². The van der Waals surface area contributed by atoms with Gasteiger partial charge in [0, 0.05) is 5.56 Å². The maximum atomic E-state index is 13.6. The summed E-state index contributed by atoms with van der Waals surface area (Å²) in [7, 11) is 6.32. The van der Waals surface area contributed by atoms with Crippen LogP contribution in [0.15, 0.2) is 60.7 Å². The molecule has 0 heterocycles. The first-order chi connectivity index (χ1) is 14.5. The number of ketones is 1. The van der Waals surface area contributed by atoms with E-state index in [9.17, 15) is 4.79 Å². The molecule has 0 aromatic heterocycles. The smallest absolute Gasteiger partial charge is 0.174 e. The predicted octanol–water partition coefficient (Wildman–Crippen LogP) is 5.04. The van der Waals surface area contributed by atoms with Crippen LogP contribution in [0.25, 0.3) is 0 Å². The van der Waals surface area contributed by atoms with Gasteiger partial charge in [0.2, 0.25) is 0 Å². The minimum Gasteiger partial charge on any atom is -0.493 e. The molecule has 0 aliphatic heterocycles.